The number of benzene rings is 3. The summed E-state index contributed by atoms with van der Waals surface area (Å²) in [4.78, 5) is 41.1. The zero-order chi connectivity index (χ0) is 27.4. The minimum atomic E-state index is -1.08. The number of hydrogen-bond acceptors (Lipinski definition) is 4. The van der Waals surface area contributed by atoms with E-state index in [0.29, 0.717) is 17.9 Å². The summed E-state index contributed by atoms with van der Waals surface area (Å²) < 4.78 is 6.22. The van der Waals surface area contributed by atoms with E-state index in [2.05, 4.69) is 5.32 Å². The molecule has 5 rings (SSSR count). The van der Waals surface area contributed by atoms with Crippen molar-refractivity contribution in [3.05, 3.63) is 101 Å². The van der Waals surface area contributed by atoms with E-state index in [4.69, 9.17) is 4.74 Å². The summed E-state index contributed by atoms with van der Waals surface area (Å²) in [5.41, 5.74) is 4.23. The minimum Gasteiger partial charge on any atom is -0.488 e. The highest BCUT2D eigenvalue weighted by atomic mass is 16.5. The normalized spacial score (nSPS) is 17.8. The topological polar surface area (TPSA) is 95.9 Å². The number of nitrogens with one attached hydrogen (secondary N) is 1. The largest absolute Gasteiger partial charge is 0.488 e. The van der Waals surface area contributed by atoms with E-state index < -0.39 is 24.0 Å². The number of rotatable bonds is 8. The van der Waals surface area contributed by atoms with Gasteiger partial charge in [-0.05, 0) is 42.0 Å². The number of aryl methyl sites for hydroxylation is 1. The molecule has 1 aliphatic heterocycles. The van der Waals surface area contributed by atoms with Crippen LogP contribution in [0, 0.1) is 12.8 Å². The zero-order valence-electron chi connectivity index (χ0n) is 22.1. The molecule has 7 nitrogen and oxygen atoms in total. The lowest BCUT2D eigenvalue weighted by Crippen LogP contribution is -2.53. The summed E-state index contributed by atoms with van der Waals surface area (Å²) in [5, 5.41) is 13.2. The predicted octanol–water partition coefficient (Wildman–Crippen LogP) is 4.96. The smallest absolute Gasteiger partial charge is 0.326 e. The number of aliphatic carboxylic acids is 1. The lowest BCUT2D eigenvalue weighted by molar-refractivity contribution is -0.153. The van der Waals surface area contributed by atoms with E-state index in [1.807, 2.05) is 67.6 Å². The number of carbonyl (C=O) groups excluding carboxylic acids is 2. The molecule has 1 aliphatic carbocycles. The fourth-order valence-corrected chi connectivity index (χ4v) is 5.68. The molecule has 3 aromatic carbocycles. The molecule has 1 heterocycles. The van der Waals surface area contributed by atoms with Gasteiger partial charge >= 0.3 is 5.97 Å². The number of nitrogens with zero attached hydrogens (tertiary/aromatic N) is 1. The zero-order valence-corrected chi connectivity index (χ0v) is 22.1. The van der Waals surface area contributed by atoms with Crippen LogP contribution in [0.15, 0.2) is 72.8 Å². The van der Waals surface area contributed by atoms with Gasteiger partial charge in [-0.1, -0.05) is 85.6 Å². The maximum atomic E-state index is 14.1. The molecule has 0 aromatic heterocycles. The summed E-state index contributed by atoms with van der Waals surface area (Å²) in [6, 6.07) is 20.7. The van der Waals surface area contributed by atoms with Crippen LogP contribution >= 0.6 is 0 Å². The van der Waals surface area contributed by atoms with Crippen LogP contribution < -0.4 is 10.1 Å². The van der Waals surface area contributed by atoms with Crippen LogP contribution in [0.3, 0.4) is 0 Å². The van der Waals surface area contributed by atoms with Crippen LogP contribution in [0.5, 0.6) is 5.75 Å². The molecule has 1 saturated carbocycles. The summed E-state index contributed by atoms with van der Waals surface area (Å²) in [5.74, 6) is -1.10. The van der Waals surface area contributed by atoms with Gasteiger partial charge in [0.1, 0.15) is 24.4 Å². The fraction of sp³-hybridized carbons (Fsp3) is 0.344. The Bertz CT molecular complexity index is 1340. The fourth-order valence-electron chi connectivity index (χ4n) is 5.68. The second-order valence-corrected chi connectivity index (χ2v) is 10.5. The number of carboxylic acids is 1. The van der Waals surface area contributed by atoms with Gasteiger partial charge in [0.2, 0.25) is 5.91 Å². The first kappa shape index (κ1) is 26.5. The highest BCUT2D eigenvalue weighted by Gasteiger charge is 2.40. The molecule has 3 aromatic rings. The predicted molar refractivity (Wildman–Crippen MR) is 147 cm³/mol. The number of amides is 2. The van der Waals surface area contributed by atoms with Crippen molar-refractivity contribution in [3.63, 3.8) is 0 Å². The van der Waals surface area contributed by atoms with E-state index in [0.717, 1.165) is 47.9 Å². The van der Waals surface area contributed by atoms with Gasteiger partial charge in [0.05, 0.1) is 0 Å². The quantitative estimate of drug-likeness (QED) is 0.433. The van der Waals surface area contributed by atoms with Crippen LogP contribution in [0.4, 0.5) is 0 Å². The lowest BCUT2D eigenvalue weighted by Gasteiger charge is -2.37. The van der Waals surface area contributed by atoms with Crippen molar-refractivity contribution in [2.45, 2.75) is 64.3 Å². The molecule has 0 radical (unpaired) electrons. The van der Waals surface area contributed by atoms with E-state index in [1.165, 1.54) is 4.90 Å². The van der Waals surface area contributed by atoms with Gasteiger partial charge in [-0.3, -0.25) is 9.59 Å². The van der Waals surface area contributed by atoms with Crippen LogP contribution in [-0.2, 0) is 34.0 Å². The lowest BCUT2D eigenvalue weighted by atomic mass is 9.90. The van der Waals surface area contributed by atoms with Gasteiger partial charge in [-0.25, -0.2) is 4.79 Å². The van der Waals surface area contributed by atoms with Crippen LogP contribution in [-0.4, -0.2) is 33.8 Å². The SMILES string of the molecule is Cc1ccc2c(c1OCc1ccccc1)C[C@@H](C(=O)O)N(C(=O)[C@H](NC(=O)C1CCCC1)c1ccccc1)C2. The van der Waals surface area contributed by atoms with Crippen molar-refractivity contribution >= 4 is 17.8 Å². The van der Waals surface area contributed by atoms with E-state index in [9.17, 15) is 19.5 Å². The first-order chi connectivity index (χ1) is 18.9. The standard InChI is InChI=1S/C32H34N2O5/c1-21-16-17-25-19-34(27(32(37)38)18-26(25)29(21)39-20-22-10-4-2-5-11-22)31(36)28(23-12-6-3-7-13-23)33-30(35)24-14-8-9-15-24/h2-7,10-13,16-17,24,27-28H,8-9,14-15,18-20H2,1H3,(H,33,35)(H,37,38)/t27-,28+/m0/s1. The van der Waals surface area contributed by atoms with Crippen molar-refractivity contribution in [1.82, 2.24) is 10.2 Å². The van der Waals surface area contributed by atoms with E-state index in [1.54, 1.807) is 12.1 Å². The third kappa shape index (κ3) is 5.82. The molecule has 0 saturated heterocycles. The van der Waals surface area contributed by atoms with Crippen LogP contribution in [0.1, 0.15) is 59.5 Å². The number of carboxylic acid groups (broad SMARTS) is 1. The molecule has 2 N–H and O–H groups in total. The highest BCUT2D eigenvalue weighted by Crippen LogP contribution is 2.36. The second-order valence-electron chi connectivity index (χ2n) is 10.5. The molecular formula is C32H34N2O5. The molecule has 39 heavy (non-hydrogen) atoms. The summed E-state index contributed by atoms with van der Waals surface area (Å²) in [6.07, 6.45) is 3.74. The average Bonchev–Trinajstić information content (AvgIpc) is 3.51. The first-order valence-corrected chi connectivity index (χ1v) is 13.6. The molecule has 7 heteroatoms. The number of fused-ring (bicyclic) bond motifs is 1. The monoisotopic (exact) mass is 526 g/mol. The summed E-state index contributed by atoms with van der Waals surface area (Å²) in [6.45, 7) is 2.43. The Balaban J connectivity index is 1.44. The Morgan fingerprint density at radius 1 is 0.974 bits per heavy atom. The van der Waals surface area contributed by atoms with Crippen molar-refractivity contribution < 1.29 is 24.2 Å². The first-order valence-electron chi connectivity index (χ1n) is 13.6. The Labute approximate surface area is 228 Å². The highest BCUT2D eigenvalue weighted by molar-refractivity contribution is 5.92. The molecule has 0 spiro atoms. The van der Waals surface area contributed by atoms with Crippen molar-refractivity contribution in [1.29, 1.82) is 0 Å². The van der Waals surface area contributed by atoms with E-state index in [-0.39, 0.29) is 24.8 Å². The Morgan fingerprint density at radius 2 is 1.64 bits per heavy atom. The van der Waals surface area contributed by atoms with Gasteiger partial charge in [-0.15, -0.1) is 0 Å². The Hall–Kier alpha value is -4.13. The third-order valence-corrected chi connectivity index (χ3v) is 7.86. The average molecular weight is 527 g/mol. The van der Waals surface area contributed by atoms with Gasteiger partial charge in [0.15, 0.2) is 0 Å². The second kappa shape index (κ2) is 11.7. The molecular weight excluding hydrogens is 492 g/mol. The molecule has 0 unspecified atom stereocenters. The molecule has 1 fully saturated rings. The van der Waals surface area contributed by atoms with Crippen molar-refractivity contribution in [2.75, 3.05) is 0 Å². The molecule has 2 amide bonds. The maximum absolute atomic E-state index is 14.1. The molecule has 2 atom stereocenters. The van der Waals surface area contributed by atoms with Crippen LogP contribution in [0.2, 0.25) is 0 Å². The number of ether oxygens (including phenoxy) is 1. The summed E-state index contributed by atoms with van der Waals surface area (Å²) >= 11 is 0. The maximum Gasteiger partial charge on any atom is 0.326 e. The number of hydrogen-bond donors (Lipinski definition) is 2. The van der Waals surface area contributed by atoms with Crippen molar-refractivity contribution in [2.24, 2.45) is 5.92 Å². The molecule has 0 bridgehead atoms. The Kier molecular flexibility index (Phi) is 7.96. The van der Waals surface area contributed by atoms with Gasteiger partial charge in [0, 0.05) is 24.4 Å². The minimum absolute atomic E-state index is 0.117. The summed E-state index contributed by atoms with van der Waals surface area (Å²) in [7, 11) is 0. The van der Waals surface area contributed by atoms with Gasteiger partial charge < -0.3 is 20.1 Å². The molecule has 2 aliphatic rings. The van der Waals surface area contributed by atoms with Crippen LogP contribution in [0.25, 0.3) is 0 Å². The Morgan fingerprint density at radius 3 is 2.31 bits per heavy atom. The van der Waals surface area contributed by atoms with Gasteiger partial charge in [0.25, 0.3) is 5.91 Å². The van der Waals surface area contributed by atoms with Crippen molar-refractivity contribution in [3.8, 4) is 5.75 Å². The van der Waals surface area contributed by atoms with Gasteiger partial charge in [-0.2, -0.15) is 0 Å². The number of carbonyl (C=O) groups is 3. The third-order valence-electron chi connectivity index (χ3n) is 7.86. The molecule has 202 valence electrons. The van der Waals surface area contributed by atoms with E-state index >= 15 is 0 Å².